The number of amides is 1. The van der Waals surface area contributed by atoms with E-state index in [1.165, 1.54) is 5.56 Å². The molecule has 0 bridgehead atoms. The van der Waals surface area contributed by atoms with Crippen molar-refractivity contribution in [1.29, 1.82) is 0 Å². The molecule has 0 radical (unpaired) electrons. The van der Waals surface area contributed by atoms with Crippen LogP contribution in [0.15, 0.2) is 72.8 Å². The quantitative estimate of drug-likeness (QED) is 0.446. The molecule has 3 aromatic rings. The Balaban J connectivity index is 1.43. The molecule has 1 N–H and O–H groups in total. The molecule has 5 rings (SSSR count). The fraction of sp³-hybridized carbons (Fsp3) is 0.276. The van der Waals surface area contributed by atoms with Crippen LogP contribution in [0.2, 0.25) is 5.02 Å². The molecule has 6 heteroatoms. The smallest absolute Gasteiger partial charge is 0.241 e. The summed E-state index contributed by atoms with van der Waals surface area (Å²) in [5.41, 5.74) is 3.33. The maximum Gasteiger partial charge on any atom is 0.241 e. The first-order valence-corrected chi connectivity index (χ1v) is 12.2. The van der Waals surface area contributed by atoms with Crippen LogP contribution in [0.4, 0.5) is 5.69 Å². The van der Waals surface area contributed by atoms with E-state index in [2.05, 4.69) is 54.4 Å². The van der Waals surface area contributed by atoms with Crippen LogP contribution in [0.3, 0.4) is 0 Å². The highest BCUT2D eigenvalue weighted by Crippen LogP contribution is 2.52. The van der Waals surface area contributed by atoms with Crippen molar-refractivity contribution in [2.75, 3.05) is 18.1 Å². The van der Waals surface area contributed by atoms with E-state index < -0.39 is 5.66 Å². The topological polar surface area (TPSA) is 50.8 Å². The van der Waals surface area contributed by atoms with Crippen LogP contribution in [0, 0.1) is 0 Å². The van der Waals surface area contributed by atoms with Crippen LogP contribution in [0.5, 0.6) is 11.5 Å². The Hall–Kier alpha value is -3.44. The Morgan fingerprint density at radius 1 is 1.03 bits per heavy atom. The number of ether oxygens (including phenoxy) is 2. The Morgan fingerprint density at radius 3 is 2.66 bits per heavy atom. The number of benzene rings is 3. The van der Waals surface area contributed by atoms with E-state index in [0.717, 1.165) is 16.8 Å². The maximum absolute atomic E-state index is 12.5. The molecule has 2 aliphatic heterocycles. The molecule has 3 aromatic carbocycles. The van der Waals surface area contributed by atoms with Gasteiger partial charge in [0.2, 0.25) is 5.91 Å². The molecule has 0 aliphatic carbocycles. The highest BCUT2D eigenvalue weighted by atomic mass is 35.5. The van der Waals surface area contributed by atoms with Crippen molar-refractivity contribution in [3.63, 3.8) is 0 Å². The van der Waals surface area contributed by atoms with Gasteiger partial charge in [-0.3, -0.25) is 4.79 Å². The van der Waals surface area contributed by atoms with Gasteiger partial charge >= 0.3 is 0 Å². The predicted octanol–water partition coefficient (Wildman–Crippen LogP) is 5.95. The van der Waals surface area contributed by atoms with Gasteiger partial charge in [0.25, 0.3) is 0 Å². The number of para-hydroxylation sites is 1. The molecule has 0 spiro atoms. The van der Waals surface area contributed by atoms with Gasteiger partial charge in [0.15, 0.2) is 11.5 Å². The molecule has 0 aromatic heterocycles. The number of carbonyl (C=O) groups excluding carboxylic acids is 1. The average molecular weight is 489 g/mol. The van der Waals surface area contributed by atoms with Crippen molar-refractivity contribution in [3.05, 3.63) is 94.5 Å². The number of hydrogen-bond acceptors (Lipinski definition) is 4. The third-order valence-corrected chi connectivity index (χ3v) is 7.18. The number of nitrogens with zero attached hydrogens (tertiary/aromatic N) is 1. The lowest BCUT2D eigenvalue weighted by molar-refractivity contribution is -0.118. The highest BCUT2D eigenvalue weighted by Gasteiger charge is 2.59. The predicted molar refractivity (Wildman–Crippen MR) is 140 cm³/mol. The van der Waals surface area contributed by atoms with Gasteiger partial charge in [-0.25, -0.2) is 0 Å². The third-order valence-electron chi connectivity index (χ3n) is 6.95. The van der Waals surface area contributed by atoms with Crippen LogP contribution in [-0.4, -0.2) is 24.7 Å². The van der Waals surface area contributed by atoms with Crippen molar-refractivity contribution in [3.8, 4) is 11.5 Å². The molecule has 35 heavy (non-hydrogen) atoms. The molecule has 1 atom stereocenters. The van der Waals surface area contributed by atoms with Crippen molar-refractivity contribution < 1.29 is 14.3 Å². The number of rotatable bonds is 7. The fourth-order valence-electron chi connectivity index (χ4n) is 5.16. The van der Waals surface area contributed by atoms with Crippen molar-refractivity contribution in [1.82, 2.24) is 5.32 Å². The largest absolute Gasteiger partial charge is 0.490 e. The molecular formula is C29H29ClN2O3. The number of carbonyl (C=O) groups is 1. The monoisotopic (exact) mass is 488 g/mol. The summed E-state index contributed by atoms with van der Waals surface area (Å²) in [6.07, 6.45) is 4.16. The van der Waals surface area contributed by atoms with Gasteiger partial charge in [0.05, 0.1) is 13.2 Å². The van der Waals surface area contributed by atoms with E-state index in [1.807, 2.05) is 55.5 Å². The highest BCUT2D eigenvalue weighted by molar-refractivity contribution is 6.30. The van der Waals surface area contributed by atoms with Gasteiger partial charge < -0.3 is 19.7 Å². The second-order valence-electron chi connectivity index (χ2n) is 9.43. The summed E-state index contributed by atoms with van der Waals surface area (Å²) < 4.78 is 11.9. The Labute approximate surface area is 211 Å². The van der Waals surface area contributed by atoms with E-state index in [9.17, 15) is 4.79 Å². The number of fused-ring (bicyclic) bond motifs is 3. The third kappa shape index (κ3) is 4.04. The van der Waals surface area contributed by atoms with Gasteiger partial charge in [-0.1, -0.05) is 67.9 Å². The SMILES string of the molecule is CCOc1cc(/C=C/[C@@]23NC(=O)CN2c2ccccc2C3(C)C)ccc1OCc1cccc(Cl)c1. The summed E-state index contributed by atoms with van der Waals surface area (Å²) in [5, 5.41) is 3.95. The van der Waals surface area contributed by atoms with E-state index in [0.29, 0.717) is 36.3 Å². The zero-order valence-corrected chi connectivity index (χ0v) is 20.9. The van der Waals surface area contributed by atoms with E-state index in [1.54, 1.807) is 0 Å². The summed E-state index contributed by atoms with van der Waals surface area (Å²) in [4.78, 5) is 14.7. The standard InChI is InChI=1S/C29H29ClN2O3/c1-4-34-26-17-20(12-13-25(26)35-19-21-8-7-9-22(30)16-21)14-15-29-28(2,3)23-10-5-6-11-24(23)32(29)18-27(33)31-29/h5-17H,4,18-19H2,1-3H3,(H,31,33)/b15-14+/t29-/m1/s1. The van der Waals surface area contributed by atoms with Gasteiger partial charge in [0, 0.05) is 16.1 Å². The van der Waals surface area contributed by atoms with E-state index in [4.69, 9.17) is 21.1 Å². The molecule has 5 nitrogen and oxygen atoms in total. The number of anilines is 1. The summed E-state index contributed by atoms with van der Waals surface area (Å²) >= 11 is 6.10. The molecule has 0 saturated carbocycles. The van der Waals surface area contributed by atoms with Crippen LogP contribution >= 0.6 is 11.6 Å². The second kappa shape index (κ2) is 8.97. The molecular weight excluding hydrogens is 460 g/mol. The molecule has 1 saturated heterocycles. The lowest BCUT2D eigenvalue weighted by Crippen LogP contribution is -2.58. The fourth-order valence-corrected chi connectivity index (χ4v) is 5.37. The Bertz CT molecular complexity index is 1300. The lowest BCUT2D eigenvalue weighted by Gasteiger charge is -2.40. The van der Waals surface area contributed by atoms with Gasteiger partial charge in [-0.05, 0) is 60.0 Å². The van der Waals surface area contributed by atoms with Crippen LogP contribution in [0.1, 0.15) is 37.5 Å². The van der Waals surface area contributed by atoms with Crippen molar-refractivity contribution in [2.45, 2.75) is 38.5 Å². The minimum Gasteiger partial charge on any atom is -0.490 e. The summed E-state index contributed by atoms with van der Waals surface area (Å²) in [6.45, 7) is 7.57. The van der Waals surface area contributed by atoms with Crippen molar-refractivity contribution in [2.24, 2.45) is 0 Å². The molecule has 2 aliphatic rings. The molecule has 1 amide bonds. The minimum absolute atomic E-state index is 0.0250. The van der Waals surface area contributed by atoms with Crippen LogP contribution < -0.4 is 19.7 Å². The maximum atomic E-state index is 12.5. The first kappa shape index (κ1) is 23.3. The molecule has 1 fully saturated rings. The lowest BCUT2D eigenvalue weighted by atomic mass is 9.75. The zero-order valence-electron chi connectivity index (χ0n) is 20.2. The van der Waals surface area contributed by atoms with E-state index >= 15 is 0 Å². The van der Waals surface area contributed by atoms with Crippen LogP contribution in [-0.2, 0) is 16.8 Å². The Kier molecular flexibility index (Phi) is 5.97. The van der Waals surface area contributed by atoms with E-state index in [-0.39, 0.29) is 11.3 Å². The second-order valence-corrected chi connectivity index (χ2v) is 9.87. The Morgan fingerprint density at radius 2 is 1.86 bits per heavy atom. The molecule has 180 valence electrons. The summed E-state index contributed by atoms with van der Waals surface area (Å²) in [5.74, 6) is 1.37. The number of hydrogen-bond donors (Lipinski definition) is 1. The van der Waals surface area contributed by atoms with Gasteiger partial charge in [-0.2, -0.15) is 0 Å². The first-order valence-electron chi connectivity index (χ1n) is 11.9. The first-order chi connectivity index (χ1) is 16.8. The number of nitrogens with one attached hydrogen (secondary N) is 1. The minimum atomic E-state index is -0.638. The van der Waals surface area contributed by atoms with Crippen molar-refractivity contribution >= 4 is 29.3 Å². The summed E-state index contributed by atoms with van der Waals surface area (Å²) in [7, 11) is 0. The van der Waals surface area contributed by atoms with Gasteiger partial charge in [0.1, 0.15) is 12.3 Å². The molecule has 2 heterocycles. The normalized spacial score (nSPS) is 20.0. The zero-order chi connectivity index (χ0) is 24.6. The molecule has 0 unspecified atom stereocenters. The number of halogens is 1. The van der Waals surface area contributed by atoms with Gasteiger partial charge in [-0.15, -0.1) is 0 Å². The van der Waals surface area contributed by atoms with Crippen LogP contribution in [0.25, 0.3) is 6.08 Å². The summed E-state index contributed by atoms with van der Waals surface area (Å²) in [6, 6.07) is 21.8. The average Bonchev–Trinajstić information content (AvgIpc) is 3.27.